The van der Waals surface area contributed by atoms with E-state index in [9.17, 15) is 0 Å². The van der Waals surface area contributed by atoms with Gasteiger partial charge in [0, 0.05) is 11.6 Å². The minimum absolute atomic E-state index is 0.526. The highest BCUT2D eigenvalue weighted by Crippen LogP contribution is 2.36. The molecule has 1 aromatic rings. The zero-order valence-electron chi connectivity index (χ0n) is 10.7. The summed E-state index contributed by atoms with van der Waals surface area (Å²) in [6.07, 6.45) is 7.34. The first-order valence-electron chi connectivity index (χ1n) is 6.76. The number of nitrogens with zero attached hydrogens (tertiary/aromatic N) is 2. The SMILES string of the molecule is CCc1cc(Cl)nc(C2CCCC(CC)C2)n1. The summed E-state index contributed by atoms with van der Waals surface area (Å²) in [4.78, 5) is 9.08. The predicted octanol–water partition coefficient (Wildman–Crippen LogP) is 4.38. The number of halogens is 1. The summed E-state index contributed by atoms with van der Waals surface area (Å²) in [7, 11) is 0. The van der Waals surface area contributed by atoms with Gasteiger partial charge in [-0.1, -0.05) is 44.7 Å². The third-order valence-corrected chi connectivity index (χ3v) is 4.05. The molecule has 1 aliphatic carbocycles. The van der Waals surface area contributed by atoms with Gasteiger partial charge in [-0.05, 0) is 31.2 Å². The Labute approximate surface area is 109 Å². The summed E-state index contributed by atoms with van der Waals surface area (Å²) in [5.41, 5.74) is 1.07. The highest BCUT2D eigenvalue weighted by Gasteiger charge is 2.24. The molecule has 0 saturated heterocycles. The van der Waals surface area contributed by atoms with Crippen LogP contribution in [-0.4, -0.2) is 9.97 Å². The molecule has 0 radical (unpaired) electrons. The molecule has 0 spiro atoms. The van der Waals surface area contributed by atoms with E-state index >= 15 is 0 Å². The van der Waals surface area contributed by atoms with Crippen molar-refractivity contribution in [3.8, 4) is 0 Å². The second-order valence-electron chi connectivity index (χ2n) is 5.03. The van der Waals surface area contributed by atoms with E-state index in [1.807, 2.05) is 6.07 Å². The summed E-state index contributed by atoms with van der Waals surface area (Å²) >= 11 is 6.07. The molecule has 0 aromatic carbocycles. The van der Waals surface area contributed by atoms with Gasteiger partial charge < -0.3 is 0 Å². The largest absolute Gasteiger partial charge is 0.238 e. The van der Waals surface area contributed by atoms with Gasteiger partial charge in [-0.3, -0.25) is 0 Å². The fraction of sp³-hybridized carbons (Fsp3) is 0.714. The van der Waals surface area contributed by atoms with Gasteiger partial charge in [-0.2, -0.15) is 0 Å². The van der Waals surface area contributed by atoms with Gasteiger partial charge in [0.15, 0.2) is 0 Å². The van der Waals surface area contributed by atoms with Crippen molar-refractivity contribution in [1.82, 2.24) is 9.97 Å². The lowest BCUT2D eigenvalue weighted by Crippen LogP contribution is -2.16. The third-order valence-electron chi connectivity index (χ3n) is 3.85. The highest BCUT2D eigenvalue weighted by atomic mass is 35.5. The van der Waals surface area contributed by atoms with Crippen molar-refractivity contribution in [3.05, 3.63) is 22.7 Å². The van der Waals surface area contributed by atoms with Gasteiger partial charge in [0.05, 0.1) is 0 Å². The van der Waals surface area contributed by atoms with Crippen LogP contribution in [0.4, 0.5) is 0 Å². The lowest BCUT2D eigenvalue weighted by Gasteiger charge is -2.27. The van der Waals surface area contributed by atoms with Crippen LogP contribution in [-0.2, 0) is 6.42 Å². The monoisotopic (exact) mass is 252 g/mol. The van der Waals surface area contributed by atoms with Crippen LogP contribution in [0.5, 0.6) is 0 Å². The van der Waals surface area contributed by atoms with Crippen LogP contribution < -0.4 is 0 Å². The average molecular weight is 253 g/mol. The molecule has 1 aliphatic rings. The van der Waals surface area contributed by atoms with Crippen molar-refractivity contribution in [2.24, 2.45) is 5.92 Å². The van der Waals surface area contributed by atoms with Gasteiger partial charge >= 0.3 is 0 Å². The lowest BCUT2D eigenvalue weighted by atomic mass is 9.80. The molecule has 0 aliphatic heterocycles. The summed E-state index contributed by atoms with van der Waals surface area (Å²) in [5, 5.41) is 0.602. The molecule has 17 heavy (non-hydrogen) atoms. The Morgan fingerprint density at radius 1 is 1.29 bits per heavy atom. The van der Waals surface area contributed by atoms with Crippen molar-refractivity contribution >= 4 is 11.6 Å². The first-order valence-corrected chi connectivity index (χ1v) is 7.14. The molecule has 1 heterocycles. The molecular formula is C14H21ClN2. The fourth-order valence-corrected chi connectivity index (χ4v) is 2.96. The minimum atomic E-state index is 0.526. The molecule has 94 valence electrons. The predicted molar refractivity (Wildman–Crippen MR) is 71.4 cm³/mol. The smallest absolute Gasteiger partial charge is 0.133 e. The number of hydrogen-bond acceptors (Lipinski definition) is 2. The quantitative estimate of drug-likeness (QED) is 0.747. The molecule has 1 saturated carbocycles. The van der Waals surface area contributed by atoms with E-state index in [2.05, 4.69) is 23.8 Å². The van der Waals surface area contributed by atoms with E-state index in [4.69, 9.17) is 11.6 Å². The Morgan fingerprint density at radius 2 is 2.12 bits per heavy atom. The molecule has 2 atom stereocenters. The van der Waals surface area contributed by atoms with Crippen molar-refractivity contribution in [1.29, 1.82) is 0 Å². The van der Waals surface area contributed by atoms with Crippen LogP contribution >= 0.6 is 11.6 Å². The van der Waals surface area contributed by atoms with Gasteiger partial charge in [-0.25, -0.2) is 9.97 Å². The molecule has 2 rings (SSSR count). The zero-order chi connectivity index (χ0) is 12.3. The molecule has 3 heteroatoms. The van der Waals surface area contributed by atoms with Gasteiger partial charge in [0.2, 0.25) is 0 Å². The van der Waals surface area contributed by atoms with Crippen LogP contribution in [0.1, 0.15) is 63.4 Å². The Morgan fingerprint density at radius 3 is 2.82 bits per heavy atom. The van der Waals surface area contributed by atoms with Crippen LogP contribution in [0.2, 0.25) is 5.15 Å². The van der Waals surface area contributed by atoms with Crippen LogP contribution in [0.3, 0.4) is 0 Å². The van der Waals surface area contributed by atoms with Gasteiger partial charge in [0.25, 0.3) is 0 Å². The summed E-state index contributed by atoms with van der Waals surface area (Å²) in [6, 6.07) is 1.88. The van der Waals surface area contributed by atoms with E-state index in [0.29, 0.717) is 11.1 Å². The lowest BCUT2D eigenvalue weighted by molar-refractivity contribution is 0.307. The van der Waals surface area contributed by atoms with Crippen LogP contribution in [0.15, 0.2) is 6.07 Å². The van der Waals surface area contributed by atoms with Crippen LogP contribution in [0.25, 0.3) is 0 Å². The maximum absolute atomic E-state index is 6.07. The van der Waals surface area contributed by atoms with Crippen LogP contribution in [0, 0.1) is 5.92 Å². The Balaban J connectivity index is 2.18. The highest BCUT2D eigenvalue weighted by molar-refractivity contribution is 6.29. The van der Waals surface area contributed by atoms with Crippen molar-refractivity contribution < 1.29 is 0 Å². The Hall–Kier alpha value is -0.630. The second kappa shape index (κ2) is 5.81. The van der Waals surface area contributed by atoms with E-state index < -0.39 is 0 Å². The van der Waals surface area contributed by atoms with Crippen molar-refractivity contribution in [2.45, 2.75) is 58.3 Å². The van der Waals surface area contributed by atoms with Gasteiger partial charge in [0.1, 0.15) is 11.0 Å². The van der Waals surface area contributed by atoms with Gasteiger partial charge in [-0.15, -0.1) is 0 Å². The number of aromatic nitrogens is 2. The summed E-state index contributed by atoms with van der Waals surface area (Å²) < 4.78 is 0. The molecule has 2 nitrogen and oxygen atoms in total. The molecule has 0 amide bonds. The summed E-state index contributed by atoms with van der Waals surface area (Å²) in [5.74, 6) is 2.35. The molecule has 1 fully saturated rings. The van der Waals surface area contributed by atoms with E-state index in [1.165, 1.54) is 32.1 Å². The Kier molecular flexibility index (Phi) is 4.38. The first-order chi connectivity index (χ1) is 8.22. The van der Waals surface area contributed by atoms with Crippen molar-refractivity contribution in [2.75, 3.05) is 0 Å². The molecule has 1 aromatic heterocycles. The number of aryl methyl sites for hydroxylation is 1. The first kappa shape index (κ1) is 12.8. The molecule has 0 N–H and O–H groups in total. The second-order valence-corrected chi connectivity index (χ2v) is 5.42. The standard InChI is InChI=1S/C14H21ClN2/c1-3-10-6-5-7-11(8-10)14-16-12(4-2)9-13(15)17-14/h9-11H,3-8H2,1-2H3. The third kappa shape index (κ3) is 3.19. The van der Waals surface area contributed by atoms with E-state index in [-0.39, 0.29) is 0 Å². The fourth-order valence-electron chi connectivity index (χ4n) is 2.74. The van der Waals surface area contributed by atoms with E-state index in [1.54, 1.807) is 0 Å². The number of rotatable bonds is 3. The Bertz CT molecular complexity index is 378. The maximum atomic E-state index is 6.07. The van der Waals surface area contributed by atoms with E-state index in [0.717, 1.165) is 23.9 Å². The minimum Gasteiger partial charge on any atom is -0.238 e. The zero-order valence-corrected chi connectivity index (χ0v) is 11.5. The normalized spacial score (nSPS) is 24.9. The molecular weight excluding hydrogens is 232 g/mol. The van der Waals surface area contributed by atoms with Crippen molar-refractivity contribution in [3.63, 3.8) is 0 Å². The average Bonchev–Trinajstić information content (AvgIpc) is 2.38. The molecule has 0 bridgehead atoms. The molecule has 2 unspecified atom stereocenters. The summed E-state index contributed by atoms with van der Waals surface area (Å²) in [6.45, 7) is 4.39. The number of hydrogen-bond donors (Lipinski definition) is 0. The maximum Gasteiger partial charge on any atom is 0.133 e. The topological polar surface area (TPSA) is 25.8 Å².